The number of morpholine rings is 1. The largest absolute Gasteiger partial charge is 0.379 e. The van der Waals surface area contributed by atoms with Crippen molar-refractivity contribution in [3.8, 4) is 0 Å². The van der Waals surface area contributed by atoms with Gasteiger partial charge in [0.2, 0.25) is 0 Å². The van der Waals surface area contributed by atoms with Gasteiger partial charge in [-0.2, -0.15) is 0 Å². The summed E-state index contributed by atoms with van der Waals surface area (Å²) in [5, 5.41) is 0.697. The number of rotatable bonds is 2. The van der Waals surface area contributed by atoms with Crippen LogP contribution in [0.5, 0.6) is 0 Å². The van der Waals surface area contributed by atoms with Crippen molar-refractivity contribution < 1.29 is 4.74 Å². The first-order valence-electron chi connectivity index (χ1n) is 6.51. The Labute approximate surface area is 112 Å². The fourth-order valence-corrected chi connectivity index (χ4v) is 2.86. The lowest BCUT2D eigenvalue weighted by atomic mass is 10.2. The van der Waals surface area contributed by atoms with Crippen molar-refractivity contribution in [1.82, 2.24) is 9.88 Å². The molecule has 2 aliphatic rings. The summed E-state index contributed by atoms with van der Waals surface area (Å²) in [6.07, 6.45) is 2.93. The lowest BCUT2D eigenvalue weighted by Crippen LogP contribution is -2.44. The van der Waals surface area contributed by atoms with Crippen LogP contribution in [0.15, 0.2) is 18.3 Å². The molecule has 3 heterocycles. The Balaban J connectivity index is 1.62. The summed E-state index contributed by atoms with van der Waals surface area (Å²) in [5.41, 5.74) is 0. The molecule has 0 radical (unpaired) electrons. The lowest BCUT2D eigenvalue weighted by molar-refractivity contribution is 0.0209. The van der Waals surface area contributed by atoms with Crippen LogP contribution in [0.1, 0.15) is 6.42 Å². The van der Waals surface area contributed by atoms with Crippen molar-refractivity contribution in [3.63, 3.8) is 0 Å². The van der Waals surface area contributed by atoms with Crippen LogP contribution in [0.2, 0.25) is 5.02 Å². The highest BCUT2D eigenvalue weighted by molar-refractivity contribution is 6.30. The second-order valence-corrected chi connectivity index (χ2v) is 5.31. The number of anilines is 1. The third kappa shape index (κ3) is 2.60. The summed E-state index contributed by atoms with van der Waals surface area (Å²) in [6.45, 7) is 6.01. The molecule has 5 heteroatoms. The van der Waals surface area contributed by atoms with Crippen molar-refractivity contribution in [2.24, 2.45) is 0 Å². The van der Waals surface area contributed by atoms with Crippen LogP contribution in [-0.2, 0) is 4.74 Å². The topological polar surface area (TPSA) is 28.6 Å². The molecule has 2 aliphatic heterocycles. The predicted molar refractivity (Wildman–Crippen MR) is 72.3 cm³/mol. The van der Waals surface area contributed by atoms with Gasteiger partial charge in [-0.1, -0.05) is 11.6 Å². The van der Waals surface area contributed by atoms with Crippen LogP contribution in [0, 0.1) is 0 Å². The number of pyridine rings is 1. The van der Waals surface area contributed by atoms with Crippen LogP contribution in [0.3, 0.4) is 0 Å². The van der Waals surface area contributed by atoms with Gasteiger partial charge in [0.1, 0.15) is 5.82 Å². The van der Waals surface area contributed by atoms with Gasteiger partial charge in [-0.25, -0.2) is 4.98 Å². The van der Waals surface area contributed by atoms with Crippen LogP contribution < -0.4 is 4.90 Å². The Morgan fingerprint density at radius 2 is 2.06 bits per heavy atom. The van der Waals surface area contributed by atoms with E-state index in [1.807, 2.05) is 12.1 Å². The molecule has 2 saturated heterocycles. The van der Waals surface area contributed by atoms with Crippen molar-refractivity contribution >= 4 is 17.4 Å². The monoisotopic (exact) mass is 267 g/mol. The van der Waals surface area contributed by atoms with E-state index in [4.69, 9.17) is 16.3 Å². The fourth-order valence-electron chi connectivity index (χ4n) is 2.75. The molecule has 0 spiro atoms. The molecular weight excluding hydrogens is 250 g/mol. The van der Waals surface area contributed by atoms with E-state index in [0.717, 1.165) is 45.2 Å². The fraction of sp³-hybridized carbons (Fsp3) is 0.615. The zero-order valence-electron chi connectivity index (χ0n) is 10.4. The first kappa shape index (κ1) is 12.2. The predicted octanol–water partition coefficient (Wildman–Crippen LogP) is 1.65. The summed E-state index contributed by atoms with van der Waals surface area (Å²) < 4.78 is 5.40. The average molecular weight is 268 g/mol. The number of hydrogen-bond donors (Lipinski definition) is 0. The molecule has 4 nitrogen and oxygen atoms in total. The van der Waals surface area contributed by atoms with E-state index in [1.165, 1.54) is 6.42 Å². The van der Waals surface area contributed by atoms with Gasteiger partial charge in [0.05, 0.1) is 18.2 Å². The van der Waals surface area contributed by atoms with Crippen LogP contribution in [0.25, 0.3) is 0 Å². The summed E-state index contributed by atoms with van der Waals surface area (Å²) in [6, 6.07) is 4.56. The van der Waals surface area contributed by atoms with E-state index >= 15 is 0 Å². The van der Waals surface area contributed by atoms with E-state index in [0.29, 0.717) is 11.1 Å². The Kier molecular flexibility index (Phi) is 3.68. The number of hydrogen-bond acceptors (Lipinski definition) is 4. The van der Waals surface area contributed by atoms with Gasteiger partial charge in [-0.3, -0.25) is 4.90 Å². The van der Waals surface area contributed by atoms with E-state index in [-0.39, 0.29) is 0 Å². The van der Waals surface area contributed by atoms with E-state index in [9.17, 15) is 0 Å². The molecule has 98 valence electrons. The quantitative estimate of drug-likeness (QED) is 0.815. The molecule has 0 aliphatic carbocycles. The van der Waals surface area contributed by atoms with Crippen LogP contribution >= 0.6 is 11.6 Å². The summed E-state index contributed by atoms with van der Waals surface area (Å²) in [5.74, 6) is 1.04. The SMILES string of the molecule is Clc1ccc(N2CCC(N3CCOCC3)C2)nc1. The lowest BCUT2D eigenvalue weighted by Gasteiger charge is -2.32. The molecule has 1 aromatic heterocycles. The van der Waals surface area contributed by atoms with E-state index in [1.54, 1.807) is 6.20 Å². The van der Waals surface area contributed by atoms with Crippen LogP contribution in [0.4, 0.5) is 5.82 Å². The second-order valence-electron chi connectivity index (χ2n) is 4.87. The van der Waals surface area contributed by atoms with Gasteiger partial charge in [-0.05, 0) is 18.6 Å². The van der Waals surface area contributed by atoms with Gasteiger partial charge in [0, 0.05) is 38.4 Å². The second kappa shape index (κ2) is 5.43. The molecule has 18 heavy (non-hydrogen) atoms. The minimum absolute atomic E-state index is 0.645. The van der Waals surface area contributed by atoms with Gasteiger partial charge >= 0.3 is 0 Å². The maximum Gasteiger partial charge on any atom is 0.128 e. The highest BCUT2D eigenvalue weighted by atomic mass is 35.5. The molecule has 0 bridgehead atoms. The number of nitrogens with zero attached hydrogens (tertiary/aromatic N) is 3. The van der Waals surface area contributed by atoms with Gasteiger partial charge in [-0.15, -0.1) is 0 Å². The third-order valence-corrected chi connectivity index (χ3v) is 3.98. The standard InChI is InChI=1S/C13H18ClN3O/c14-11-1-2-13(15-9-11)17-4-3-12(10-17)16-5-7-18-8-6-16/h1-2,9,12H,3-8,10H2. The van der Waals surface area contributed by atoms with Gasteiger partial charge < -0.3 is 9.64 Å². The minimum Gasteiger partial charge on any atom is -0.379 e. The van der Waals surface area contributed by atoms with Crippen molar-refractivity contribution in [2.45, 2.75) is 12.5 Å². The Bertz CT molecular complexity index is 392. The highest BCUT2D eigenvalue weighted by Crippen LogP contribution is 2.22. The van der Waals surface area contributed by atoms with Gasteiger partial charge in [0.25, 0.3) is 0 Å². The first-order valence-corrected chi connectivity index (χ1v) is 6.89. The van der Waals surface area contributed by atoms with Crippen molar-refractivity contribution in [2.75, 3.05) is 44.3 Å². The average Bonchev–Trinajstić information content (AvgIpc) is 2.90. The molecule has 1 atom stereocenters. The smallest absolute Gasteiger partial charge is 0.128 e. The van der Waals surface area contributed by atoms with E-state index < -0.39 is 0 Å². The Morgan fingerprint density at radius 3 is 2.78 bits per heavy atom. The van der Waals surface area contributed by atoms with Crippen LogP contribution in [-0.4, -0.2) is 55.3 Å². The molecule has 2 fully saturated rings. The van der Waals surface area contributed by atoms with Gasteiger partial charge in [0.15, 0.2) is 0 Å². The molecule has 0 saturated carbocycles. The Morgan fingerprint density at radius 1 is 1.22 bits per heavy atom. The number of ether oxygens (including phenoxy) is 1. The molecular formula is C13H18ClN3O. The molecule has 0 N–H and O–H groups in total. The summed E-state index contributed by atoms with van der Waals surface area (Å²) in [4.78, 5) is 9.28. The number of halogens is 1. The molecule has 0 aromatic carbocycles. The zero-order valence-corrected chi connectivity index (χ0v) is 11.1. The molecule has 3 rings (SSSR count). The van der Waals surface area contributed by atoms with E-state index in [2.05, 4.69) is 14.8 Å². The zero-order chi connectivity index (χ0) is 12.4. The Hall–Kier alpha value is -0.840. The minimum atomic E-state index is 0.645. The first-order chi connectivity index (χ1) is 8.83. The number of aromatic nitrogens is 1. The molecule has 1 aromatic rings. The maximum atomic E-state index is 5.87. The normalized spacial score (nSPS) is 25.6. The van der Waals surface area contributed by atoms with Crippen molar-refractivity contribution in [3.05, 3.63) is 23.4 Å². The molecule has 1 unspecified atom stereocenters. The maximum absolute atomic E-state index is 5.87. The third-order valence-electron chi connectivity index (χ3n) is 3.76. The van der Waals surface area contributed by atoms with Crippen molar-refractivity contribution in [1.29, 1.82) is 0 Å². The highest BCUT2D eigenvalue weighted by Gasteiger charge is 2.29. The summed E-state index contributed by atoms with van der Waals surface area (Å²) in [7, 11) is 0. The summed E-state index contributed by atoms with van der Waals surface area (Å²) >= 11 is 5.87. The molecule has 0 amide bonds.